The molecular formula is C14H22N2O. The topological polar surface area (TPSA) is 55.1 Å². The van der Waals surface area contributed by atoms with Crippen LogP contribution in [0.4, 0.5) is 0 Å². The first kappa shape index (κ1) is 13.7. The van der Waals surface area contributed by atoms with Crippen molar-refractivity contribution in [1.29, 1.82) is 0 Å². The van der Waals surface area contributed by atoms with Crippen LogP contribution in [0.3, 0.4) is 0 Å². The number of hydrogen-bond acceptors (Lipinski definition) is 2. The van der Waals surface area contributed by atoms with Crippen molar-refractivity contribution >= 4 is 5.91 Å². The van der Waals surface area contributed by atoms with Crippen LogP contribution in [-0.2, 0) is 4.79 Å². The molecule has 1 aromatic carbocycles. The summed E-state index contributed by atoms with van der Waals surface area (Å²) >= 11 is 0. The van der Waals surface area contributed by atoms with E-state index in [4.69, 9.17) is 5.73 Å². The minimum atomic E-state index is -0.238. The highest BCUT2D eigenvalue weighted by atomic mass is 16.1. The van der Waals surface area contributed by atoms with Crippen LogP contribution in [-0.4, -0.2) is 12.5 Å². The SMILES string of the molecule is CCCCNC(=O)C(C)C(N)c1ccccc1. The summed E-state index contributed by atoms with van der Waals surface area (Å²) < 4.78 is 0. The molecule has 0 bridgehead atoms. The second-order valence-corrected chi connectivity index (χ2v) is 4.37. The van der Waals surface area contributed by atoms with E-state index in [1.54, 1.807) is 0 Å². The summed E-state index contributed by atoms with van der Waals surface area (Å²) in [7, 11) is 0. The molecule has 0 heterocycles. The molecular weight excluding hydrogens is 212 g/mol. The average molecular weight is 234 g/mol. The summed E-state index contributed by atoms with van der Waals surface area (Å²) in [4.78, 5) is 11.8. The molecule has 0 spiro atoms. The van der Waals surface area contributed by atoms with Gasteiger partial charge in [0, 0.05) is 12.6 Å². The van der Waals surface area contributed by atoms with Crippen LogP contribution in [0, 0.1) is 5.92 Å². The minimum absolute atomic E-state index is 0.0369. The molecule has 17 heavy (non-hydrogen) atoms. The van der Waals surface area contributed by atoms with Crippen molar-refractivity contribution in [3.63, 3.8) is 0 Å². The lowest BCUT2D eigenvalue weighted by atomic mass is 9.95. The average Bonchev–Trinajstić information content (AvgIpc) is 2.38. The lowest BCUT2D eigenvalue weighted by Gasteiger charge is -2.19. The van der Waals surface area contributed by atoms with Crippen LogP contribution in [0.1, 0.15) is 38.3 Å². The van der Waals surface area contributed by atoms with Crippen molar-refractivity contribution in [3.05, 3.63) is 35.9 Å². The number of amides is 1. The number of nitrogens with one attached hydrogen (secondary N) is 1. The van der Waals surface area contributed by atoms with Crippen molar-refractivity contribution in [1.82, 2.24) is 5.32 Å². The van der Waals surface area contributed by atoms with Gasteiger partial charge in [0.2, 0.25) is 5.91 Å². The molecule has 1 rings (SSSR count). The van der Waals surface area contributed by atoms with Gasteiger partial charge in [-0.15, -0.1) is 0 Å². The number of hydrogen-bond donors (Lipinski definition) is 2. The van der Waals surface area contributed by atoms with E-state index in [0.29, 0.717) is 0 Å². The van der Waals surface area contributed by atoms with E-state index < -0.39 is 0 Å². The maximum absolute atomic E-state index is 11.8. The van der Waals surface area contributed by atoms with Crippen LogP contribution < -0.4 is 11.1 Å². The molecule has 1 aromatic rings. The Morgan fingerprint density at radius 3 is 2.59 bits per heavy atom. The number of benzene rings is 1. The number of carbonyl (C=O) groups is 1. The van der Waals surface area contributed by atoms with Gasteiger partial charge in [-0.1, -0.05) is 50.6 Å². The molecule has 0 saturated heterocycles. The van der Waals surface area contributed by atoms with Gasteiger partial charge in [-0.25, -0.2) is 0 Å². The van der Waals surface area contributed by atoms with Crippen LogP contribution in [0.15, 0.2) is 30.3 Å². The number of unbranched alkanes of at least 4 members (excludes halogenated alkanes) is 1. The fourth-order valence-corrected chi connectivity index (χ4v) is 1.68. The summed E-state index contributed by atoms with van der Waals surface area (Å²) in [5, 5.41) is 2.92. The number of rotatable bonds is 6. The molecule has 0 aromatic heterocycles. The van der Waals surface area contributed by atoms with Gasteiger partial charge < -0.3 is 11.1 Å². The third-order valence-electron chi connectivity index (χ3n) is 2.97. The Morgan fingerprint density at radius 1 is 1.35 bits per heavy atom. The van der Waals surface area contributed by atoms with Gasteiger partial charge in [-0.05, 0) is 12.0 Å². The van der Waals surface area contributed by atoms with Gasteiger partial charge in [-0.2, -0.15) is 0 Å². The first-order valence-electron chi connectivity index (χ1n) is 6.25. The molecule has 0 fully saturated rings. The lowest BCUT2D eigenvalue weighted by Crippen LogP contribution is -2.36. The monoisotopic (exact) mass is 234 g/mol. The van der Waals surface area contributed by atoms with Crippen molar-refractivity contribution in [2.24, 2.45) is 11.7 Å². The Hall–Kier alpha value is -1.35. The molecule has 0 radical (unpaired) electrons. The van der Waals surface area contributed by atoms with E-state index >= 15 is 0 Å². The maximum Gasteiger partial charge on any atom is 0.224 e. The standard InChI is InChI=1S/C14H22N2O/c1-3-4-10-16-14(17)11(2)13(15)12-8-6-5-7-9-12/h5-9,11,13H,3-4,10,15H2,1-2H3,(H,16,17). The summed E-state index contributed by atoms with van der Waals surface area (Å²) in [5.41, 5.74) is 7.09. The largest absolute Gasteiger partial charge is 0.356 e. The Bertz CT molecular complexity index is 337. The van der Waals surface area contributed by atoms with E-state index in [-0.39, 0.29) is 17.9 Å². The Kier molecular flexibility index (Phi) is 5.70. The minimum Gasteiger partial charge on any atom is -0.356 e. The van der Waals surface area contributed by atoms with Crippen LogP contribution >= 0.6 is 0 Å². The fourth-order valence-electron chi connectivity index (χ4n) is 1.68. The normalized spacial score (nSPS) is 14.1. The Morgan fingerprint density at radius 2 is 2.00 bits per heavy atom. The van der Waals surface area contributed by atoms with Gasteiger partial charge in [0.1, 0.15) is 0 Å². The van der Waals surface area contributed by atoms with Gasteiger partial charge in [0.05, 0.1) is 5.92 Å². The zero-order valence-electron chi connectivity index (χ0n) is 10.6. The van der Waals surface area contributed by atoms with Gasteiger partial charge in [0.15, 0.2) is 0 Å². The van der Waals surface area contributed by atoms with E-state index in [1.807, 2.05) is 37.3 Å². The van der Waals surface area contributed by atoms with E-state index in [9.17, 15) is 4.79 Å². The highest BCUT2D eigenvalue weighted by Gasteiger charge is 2.21. The fraction of sp³-hybridized carbons (Fsp3) is 0.500. The predicted octanol–water partition coefficient (Wildman–Crippen LogP) is 2.24. The Balaban J connectivity index is 2.51. The van der Waals surface area contributed by atoms with E-state index in [1.165, 1.54) is 0 Å². The molecule has 1 amide bonds. The van der Waals surface area contributed by atoms with Crippen molar-refractivity contribution in [2.45, 2.75) is 32.7 Å². The zero-order valence-corrected chi connectivity index (χ0v) is 10.6. The first-order valence-corrected chi connectivity index (χ1v) is 6.25. The molecule has 0 saturated carbocycles. The van der Waals surface area contributed by atoms with Crippen LogP contribution in [0.25, 0.3) is 0 Å². The molecule has 3 nitrogen and oxygen atoms in total. The molecule has 94 valence electrons. The van der Waals surface area contributed by atoms with Crippen LogP contribution in [0.5, 0.6) is 0 Å². The lowest BCUT2D eigenvalue weighted by molar-refractivity contribution is -0.125. The van der Waals surface area contributed by atoms with Crippen molar-refractivity contribution in [2.75, 3.05) is 6.54 Å². The summed E-state index contributed by atoms with van der Waals surface area (Å²) in [5.74, 6) is -0.163. The molecule has 3 N–H and O–H groups in total. The molecule has 2 unspecified atom stereocenters. The van der Waals surface area contributed by atoms with Gasteiger partial charge in [-0.3, -0.25) is 4.79 Å². The first-order chi connectivity index (χ1) is 8.16. The Labute approximate surface area is 103 Å². The molecule has 0 aliphatic heterocycles. The number of nitrogens with two attached hydrogens (primary N) is 1. The number of carbonyl (C=O) groups excluding carboxylic acids is 1. The maximum atomic E-state index is 11.8. The van der Waals surface area contributed by atoms with Gasteiger partial charge in [0.25, 0.3) is 0 Å². The molecule has 3 heteroatoms. The van der Waals surface area contributed by atoms with Crippen LogP contribution in [0.2, 0.25) is 0 Å². The predicted molar refractivity (Wildman–Crippen MR) is 70.5 cm³/mol. The summed E-state index contributed by atoms with van der Waals surface area (Å²) in [6.45, 7) is 4.71. The third-order valence-corrected chi connectivity index (χ3v) is 2.97. The van der Waals surface area contributed by atoms with Gasteiger partial charge >= 0.3 is 0 Å². The highest BCUT2D eigenvalue weighted by Crippen LogP contribution is 2.18. The van der Waals surface area contributed by atoms with E-state index in [2.05, 4.69) is 12.2 Å². The summed E-state index contributed by atoms with van der Waals surface area (Å²) in [6, 6.07) is 9.51. The zero-order chi connectivity index (χ0) is 12.7. The smallest absolute Gasteiger partial charge is 0.224 e. The van der Waals surface area contributed by atoms with Crippen molar-refractivity contribution < 1.29 is 4.79 Å². The quantitative estimate of drug-likeness (QED) is 0.742. The van der Waals surface area contributed by atoms with Crippen molar-refractivity contribution in [3.8, 4) is 0 Å². The van der Waals surface area contributed by atoms with E-state index in [0.717, 1.165) is 24.9 Å². The highest BCUT2D eigenvalue weighted by molar-refractivity contribution is 5.79. The molecule has 2 atom stereocenters. The molecule has 0 aliphatic rings. The third kappa shape index (κ3) is 4.19. The molecule has 0 aliphatic carbocycles. The second kappa shape index (κ2) is 7.07. The summed E-state index contributed by atoms with van der Waals surface area (Å²) in [6.07, 6.45) is 2.10. The second-order valence-electron chi connectivity index (χ2n) is 4.37.